The fraction of sp³-hybridized carbons (Fsp3) is 0. The molecule has 1 aromatic heterocycles. The van der Waals surface area contributed by atoms with Gasteiger partial charge in [0.2, 0.25) is 0 Å². The molecule has 3 heterocycles. The molecule has 0 saturated carbocycles. The molecule has 0 N–H and O–H groups in total. The summed E-state index contributed by atoms with van der Waals surface area (Å²) >= 11 is 0. The average molecular weight is 419 g/mol. The first kappa shape index (κ1) is 17.3. The van der Waals surface area contributed by atoms with Gasteiger partial charge in [0.25, 0.3) is 0 Å². The minimum atomic E-state index is 0.110. The van der Waals surface area contributed by atoms with E-state index in [0.29, 0.717) is 0 Å². The molecule has 3 heteroatoms. The van der Waals surface area contributed by atoms with E-state index in [9.17, 15) is 0 Å². The van der Waals surface area contributed by atoms with E-state index in [4.69, 9.17) is 4.42 Å². The van der Waals surface area contributed by atoms with Crippen LogP contribution in [0.5, 0.6) is 0 Å². The van der Waals surface area contributed by atoms with Crippen molar-refractivity contribution < 1.29 is 4.42 Å². The van der Waals surface area contributed by atoms with Gasteiger partial charge in [0.1, 0.15) is 11.2 Å². The van der Waals surface area contributed by atoms with Crippen molar-refractivity contribution >= 4 is 51.1 Å². The van der Waals surface area contributed by atoms with Gasteiger partial charge in [0, 0.05) is 33.3 Å². The molecule has 0 amide bonds. The molecular weight excluding hydrogens is 401 g/mol. The van der Waals surface area contributed by atoms with Crippen molar-refractivity contribution in [2.45, 2.75) is 0 Å². The van der Waals surface area contributed by atoms with Crippen LogP contribution < -0.4 is 15.7 Å². The highest BCUT2D eigenvalue weighted by molar-refractivity contribution is 6.92. The Hall–Kier alpha value is -4.24. The standard InChI is InChI=1S/C30H18BNO/c1-5-13-23-19(9-1)20-10-2-6-14-25(20)32-26-15-7-3-11-21(26)29-24(31(23)32)17-18-28-30(29)22-12-4-8-16-27(22)33-28/h1-18H. The zero-order valence-corrected chi connectivity index (χ0v) is 17.8. The number of hydrogen-bond acceptors (Lipinski definition) is 2. The van der Waals surface area contributed by atoms with Gasteiger partial charge in [-0.25, -0.2) is 0 Å². The lowest BCUT2D eigenvalue weighted by Gasteiger charge is -2.43. The molecule has 2 nitrogen and oxygen atoms in total. The Labute approximate surface area is 191 Å². The van der Waals surface area contributed by atoms with Gasteiger partial charge in [-0.2, -0.15) is 0 Å². The smallest absolute Gasteiger partial charge is 0.329 e. The molecule has 0 saturated heterocycles. The van der Waals surface area contributed by atoms with Crippen LogP contribution in [-0.2, 0) is 0 Å². The summed E-state index contributed by atoms with van der Waals surface area (Å²) in [5.41, 5.74) is 12.2. The van der Waals surface area contributed by atoms with Crippen molar-refractivity contribution in [3.8, 4) is 22.3 Å². The fourth-order valence-electron chi connectivity index (χ4n) is 5.99. The van der Waals surface area contributed by atoms with Gasteiger partial charge >= 0.3 is 6.85 Å². The first-order valence-electron chi connectivity index (χ1n) is 11.4. The van der Waals surface area contributed by atoms with Crippen molar-refractivity contribution in [1.82, 2.24) is 0 Å². The van der Waals surface area contributed by atoms with Crippen molar-refractivity contribution in [3.05, 3.63) is 109 Å². The number of anilines is 2. The van der Waals surface area contributed by atoms with Gasteiger partial charge in [0.05, 0.1) is 0 Å². The summed E-state index contributed by atoms with van der Waals surface area (Å²) in [6.45, 7) is 0.110. The molecule has 33 heavy (non-hydrogen) atoms. The van der Waals surface area contributed by atoms with Crippen LogP contribution in [0.15, 0.2) is 114 Å². The van der Waals surface area contributed by atoms with E-state index in [1.54, 1.807) is 0 Å². The Morgan fingerprint density at radius 2 is 1.18 bits per heavy atom. The zero-order valence-electron chi connectivity index (χ0n) is 17.8. The summed E-state index contributed by atoms with van der Waals surface area (Å²) in [6, 6.07) is 39.3. The third kappa shape index (κ3) is 2.14. The second-order valence-electron chi connectivity index (χ2n) is 8.90. The van der Waals surface area contributed by atoms with Crippen LogP contribution in [0, 0.1) is 0 Å². The first-order valence-corrected chi connectivity index (χ1v) is 11.4. The predicted molar refractivity (Wildman–Crippen MR) is 138 cm³/mol. The van der Waals surface area contributed by atoms with Crippen molar-refractivity contribution in [3.63, 3.8) is 0 Å². The Balaban J connectivity index is 1.57. The highest BCUT2D eigenvalue weighted by atomic mass is 16.3. The third-order valence-electron chi connectivity index (χ3n) is 7.27. The molecule has 152 valence electrons. The molecule has 0 spiro atoms. The maximum Gasteiger partial charge on any atom is 0.329 e. The summed E-state index contributed by atoms with van der Waals surface area (Å²) < 4.78 is 6.28. The Kier molecular flexibility index (Phi) is 3.24. The molecule has 6 aromatic rings. The van der Waals surface area contributed by atoms with Gasteiger partial charge < -0.3 is 9.23 Å². The SMILES string of the molecule is c1ccc2c(c1)B1c3ccc4oc5ccccc5c4c3-c3ccccc3N1c1ccccc1-2. The van der Waals surface area contributed by atoms with Gasteiger partial charge in [-0.05, 0) is 46.3 Å². The van der Waals surface area contributed by atoms with Gasteiger partial charge in [-0.1, -0.05) is 84.9 Å². The highest BCUT2D eigenvalue weighted by Gasteiger charge is 2.42. The monoisotopic (exact) mass is 419 g/mol. The number of furan rings is 1. The van der Waals surface area contributed by atoms with Crippen molar-refractivity contribution in [2.24, 2.45) is 0 Å². The average Bonchev–Trinajstić information content (AvgIpc) is 3.27. The largest absolute Gasteiger partial charge is 0.456 e. The van der Waals surface area contributed by atoms with Crippen LogP contribution in [0.2, 0.25) is 0 Å². The third-order valence-corrected chi connectivity index (χ3v) is 7.27. The van der Waals surface area contributed by atoms with Crippen LogP contribution >= 0.6 is 0 Å². The van der Waals surface area contributed by atoms with E-state index in [1.807, 2.05) is 6.07 Å². The lowest BCUT2D eigenvalue weighted by molar-refractivity contribution is 0.669. The van der Waals surface area contributed by atoms with Crippen LogP contribution in [-0.4, -0.2) is 6.85 Å². The molecule has 0 bridgehead atoms. The first-order chi connectivity index (χ1) is 16.4. The molecule has 0 fully saturated rings. The maximum absolute atomic E-state index is 6.28. The highest BCUT2D eigenvalue weighted by Crippen LogP contribution is 2.48. The van der Waals surface area contributed by atoms with E-state index in [-0.39, 0.29) is 6.85 Å². The van der Waals surface area contributed by atoms with E-state index < -0.39 is 0 Å². The summed E-state index contributed by atoms with van der Waals surface area (Å²) in [5, 5.41) is 2.39. The second kappa shape index (κ2) is 6.17. The molecule has 0 aliphatic carbocycles. The Morgan fingerprint density at radius 1 is 0.515 bits per heavy atom. The Morgan fingerprint density at radius 3 is 2.06 bits per heavy atom. The molecule has 0 atom stereocenters. The molecule has 2 aliphatic rings. The van der Waals surface area contributed by atoms with E-state index in [2.05, 4.69) is 108 Å². The topological polar surface area (TPSA) is 16.4 Å². The maximum atomic E-state index is 6.28. The number of benzene rings is 5. The predicted octanol–water partition coefficient (Wildman–Crippen LogP) is 6.49. The molecular formula is C30H18BNO. The number of nitrogens with zero attached hydrogens (tertiary/aromatic N) is 1. The number of hydrogen-bond donors (Lipinski definition) is 0. The van der Waals surface area contributed by atoms with E-state index >= 15 is 0 Å². The molecule has 8 rings (SSSR count). The summed E-state index contributed by atoms with van der Waals surface area (Å²) in [4.78, 5) is 2.53. The van der Waals surface area contributed by atoms with Gasteiger partial charge in [0.15, 0.2) is 0 Å². The van der Waals surface area contributed by atoms with Crippen LogP contribution in [0.25, 0.3) is 44.2 Å². The van der Waals surface area contributed by atoms with Gasteiger partial charge in [-0.3, -0.25) is 0 Å². The number of fused-ring (bicyclic) bond motifs is 15. The quantitative estimate of drug-likeness (QED) is 0.262. The normalized spacial score (nSPS) is 13.3. The molecule has 5 aromatic carbocycles. The summed E-state index contributed by atoms with van der Waals surface area (Å²) in [7, 11) is 0. The Bertz CT molecular complexity index is 1750. The van der Waals surface area contributed by atoms with Gasteiger partial charge in [-0.15, -0.1) is 0 Å². The zero-order chi connectivity index (χ0) is 21.5. The number of para-hydroxylation sites is 3. The fourth-order valence-corrected chi connectivity index (χ4v) is 5.99. The molecule has 0 radical (unpaired) electrons. The van der Waals surface area contributed by atoms with Crippen LogP contribution in [0.3, 0.4) is 0 Å². The van der Waals surface area contributed by atoms with Crippen LogP contribution in [0.1, 0.15) is 0 Å². The molecule has 2 aliphatic heterocycles. The second-order valence-corrected chi connectivity index (χ2v) is 8.90. The van der Waals surface area contributed by atoms with E-state index in [0.717, 1.165) is 11.2 Å². The lowest BCUT2D eigenvalue weighted by Crippen LogP contribution is -2.59. The minimum Gasteiger partial charge on any atom is -0.456 e. The van der Waals surface area contributed by atoms with Crippen molar-refractivity contribution in [2.75, 3.05) is 4.81 Å². The van der Waals surface area contributed by atoms with Crippen LogP contribution in [0.4, 0.5) is 11.4 Å². The van der Waals surface area contributed by atoms with E-state index in [1.165, 1.54) is 55.3 Å². The summed E-state index contributed by atoms with van der Waals surface area (Å²) in [5.74, 6) is 0. The number of rotatable bonds is 0. The van der Waals surface area contributed by atoms with Crippen molar-refractivity contribution in [1.29, 1.82) is 0 Å². The molecule has 0 unspecified atom stereocenters. The minimum absolute atomic E-state index is 0.110. The summed E-state index contributed by atoms with van der Waals surface area (Å²) in [6.07, 6.45) is 0. The lowest BCUT2D eigenvalue weighted by atomic mass is 9.43.